The van der Waals surface area contributed by atoms with Gasteiger partial charge in [-0.2, -0.15) is 26.9 Å². The second-order valence-electron chi connectivity index (χ2n) is 1.61. The Kier molecular flexibility index (Phi) is 41.4. The first-order valence-corrected chi connectivity index (χ1v) is 3.41. The first-order valence-electron chi connectivity index (χ1n) is 3.41. The van der Waals surface area contributed by atoms with E-state index in [-0.39, 0.29) is 39.6 Å². The van der Waals surface area contributed by atoms with Gasteiger partial charge in [-0.25, -0.2) is 0 Å². The molecule has 0 bridgehead atoms. The van der Waals surface area contributed by atoms with Crippen molar-refractivity contribution in [2.75, 3.05) is 20.6 Å². The Labute approximate surface area is 107 Å². The number of hydrogen-bond donors (Lipinski definition) is 0. The van der Waals surface area contributed by atoms with Gasteiger partial charge in [0.1, 0.15) is 0 Å². The zero-order chi connectivity index (χ0) is 9.11. The second-order valence-corrected chi connectivity index (χ2v) is 1.61. The van der Waals surface area contributed by atoms with Crippen LogP contribution in [0.25, 0.3) is 11.5 Å². The summed E-state index contributed by atoms with van der Waals surface area (Å²) in [5.74, 6) is 0. The van der Waals surface area contributed by atoms with Crippen LogP contribution in [0.15, 0.2) is 0 Å². The van der Waals surface area contributed by atoms with E-state index in [1.165, 1.54) is 14.1 Å². The normalized spacial score (nSPS) is 11.8. The molecule has 0 aromatic rings. The second kappa shape index (κ2) is 23.0. The van der Waals surface area contributed by atoms with E-state index in [0.29, 0.717) is 0 Å². The Morgan fingerprint density at radius 1 is 1.31 bits per heavy atom. The van der Waals surface area contributed by atoms with E-state index in [1.54, 1.807) is 11.3 Å². The zero-order valence-corrected chi connectivity index (χ0v) is 12.2. The summed E-state index contributed by atoms with van der Waals surface area (Å²) in [7, 11) is 2.50. The SMILES string of the molecule is C[NH-].C[NH-].O=[C-]N1[CH-]CCC1.[V+2].[W+2]. The van der Waals surface area contributed by atoms with Crippen molar-refractivity contribution in [2.24, 2.45) is 0 Å². The molecule has 0 unspecified atom stereocenters. The molecule has 75 valence electrons. The van der Waals surface area contributed by atoms with Crippen molar-refractivity contribution in [3.8, 4) is 0 Å². The quantitative estimate of drug-likeness (QED) is 0.626. The molecule has 4 nitrogen and oxygen atoms in total. The third kappa shape index (κ3) is 15.4. The van der Waals surface area contributed by atoms with Crippen LogP contribution < -0.4 is 0 Å². The molecular formula is C7H15N3OVW. The van der Waals surface area contributed by atoms with Gasteiger partial charge in [0.2, 0.25) is 0 Å². The Hall–Kier alpha value is 0.663. The molecule has 13 heavy (non-hydrogen) atoms. The van der Waals surface area contributed by atoms with E-state index >= 15 is 0 Å². The van der Waals surface area contributed by atoms with Gasteiger partial charge in [-0.3, -0.25) is 6.54 Å². The van der Waals surface area contributed by atoms with Crippen molar-refractivity contribution in [3.63, 3.8) is 0 Å². The summed E-state index contributed by atoms with van der Waals surface area (Å²) in [4.78, 5) is 11.3. The van der Waals surface area contributed by atoms with E-state index in [9.17, 15) is 4.79 Å². The predicted molar refractivity (Wildman–Crippen MR) is 46.4 cm³/mol. The van der Waals surface area contributed by atoms with Gasteiger partial charge in [0.25, 0.3) is 0 Å². The van der Waals surface area contributed by atoms with Gasteiger partial charge in [-0.05, 0) is 6.54 Å². The van der Waals surface area contributed by atoms with Crippen LogP contribution in [0.5, 0.6) is 0 Å². The minimum atomic E-state index is 0. The van der Waals surface area contributed by atoms with Crippen LogP contribution in [0.3, 0.4) is 0 Å². The number of amides is 1. The third-order valence-corrected chi connectivity index (χ3v) is 1.07. The summed E-state index contributed by atoms with van der Waals surface area (Å²) >= 11 is 0. The number of hydrogen-bond acceptors (Lipinski definition) is 1. The molecule has 1 amide bonds. The molecule has 0 saturated carbocycles. The van der Waals surface area contributed by atoms with Crippen molar-refractivity contribution in [2.45, 2.75) is 12.8 Å². The van der Waals surface area contributed by atoms with E-state index in [1.807, 2.05) is 6.54 Å². The fourth-order valence-electron chi connectivity index (χ4n) is 0.683. The van der Waals surface area contributed by atoms with Crippen LogP contribution in [-0.2, 0) is 44.4 Å². The number of nitrogens with zero attached hydrogens (tertiary/aromatic N) is 1. The predicted octanol–water partition coefficient (Wildman–Crippen LogP) is 1.64. The molecule has 1 aliphatic rings. The largest absolute Gasteiger partial charge is 2.00 e. The Morgan fingerprint density at radius 2 is 1.77 bits per heavy atom. The maximum absolute atomic E-state index is 9.78. The molecule has 1 aliphatic heterocycles. The van der Waals surface area contributed by atoms with E-state index in [4.69, 9.17) is 11.5 Å². The molecule has 0 aliphatic carbocycles. The fraction of sp³-hybridized carbons (Fsp3) is 0.714. The minimum absolute atomic E-state index is 0. The molecule has 1 fully saturated rings. The molecule has 0 spiro atoms. The molecule has 0 aromatic heterocycles. The number of likely N-dealkylation sites (tertiary alicyclic amines) is 1. The van der Waals surface area contributed by atoms with Crippen LogP contribution in [0.4, 0.5) is 0 Å². The van der Waals surface area contributed by atoms with Crippen molar-refractivity contribution < 1.29 is 44.4 Å². The Morgan fingerprint density at radius 3 is 1.92 bits per heavy atom. The summed E-state index contributed by atoms with van der Waals surface area (Å²) in [6.45, 7) is 2.73. The topological polar surface area (TPSA) is 67.9 Å². The first-order chi connectivity index (χ1) is 5.43. The van der Waals surface area contributed by atoms with Crippen LogP contribution >= 0.6 is 0 Å². The maximum Gasteiger partial charge on any atom is 2.00 e. The fourth-order valence-corrected chi connectivity index (χ4v) is 0.683. The molecule has 2 N–H and O–H groups in total. The number of nitrogens with one attached hydrogen (secondary N) is 2. The van der Waals surface area contributed by atoms with Crippen LogP contribution in [-0.4, -0.2) is 32.0 Å². The third-order valence-electron chi connectivity index (χ3n) is 1.07. The monoisotopic (exact) mass is 392 g/mol. The van der Waals surface area contributed by atoms with Gasteiger partial charge in [0.05, 0.1) is 0 Å². The molecule has 0 atom stereocenters. The summed E-state index contributed by atoms with van der Waals surface area (Å²) in [6, 6.07) is 0. The van der Waals surface area contributed by atoms with Crippen molar-refractivity contribution in [1.82, 2.24) is 4.90 Å². The van der Waals surface area contributed by atoms with Gasteiger partial charge in [-0.15, -0.1) is 0 Å². The smallest absolute Gasteiger partial charge is 0.680 e. The molecule has 1 saturated heterocycles. The average Bonchev–Trinajstić information content (AvgIpc) is 2.63. The van der Waals surface area contributed by atoms with Crippen molar-refractivity contribution in [1.29, 1.82) is 0 Å². The van der Waals surface area contributed by atoms with Gasteiger partial charge in [0, 0.05) is 0 Å². The molecular weight excluding hydrogens is 377 g/mol. The van der Waals surface area contributed by atoms with Crippen LogP contribution in [0.2, 0.25) is 0 Å². The van der Waals surface area contributed by atoms with Crippen molar-refractivity contribution in [3.05, 3.63) is 18.0 Å². The maximum atomic E-state index is 9.78. The summed E-state index contributed by atoms with van der Waals surface area (Å²) < 4.78 is 0. The summed E-state index contributed by atoms with van der Waals surface area (Å²) in [6.07, 6.45) is 3.93. The van der Waals surface area contributed by atoms with E-state index in [0.717, 1.165) is 19.4 Å². The average molecular weight is 392 g/mol. The molecule has 0 aromatic carbocycles. The first kappa shape index (κ1) is 23.5. The Balaban J connectivity index is -0.0000000607. The van der Waals surface area contributed by atoms with Gasteiger partial charge >= 0.3 is 39.6 Å². The standard InChI is InChI=1S/C5H7NO.2CH4N.V.W/c7-5-6-3-1-2-4-6;2*1-2;;/h3H,1-2,4H2;2*2H,1H3;;/q-2;2*-1;2*+2. The van der Waals surface area contributed by atoms with Crippen LogP contribution in [0, 0.1) is 6.54 Å². The molecule has 1 rings (SSSR count). The molecule has 1 heterocycles. The number of rotatable bonds is 1. The molecule has 1 radical (unpaired) electrons. The van der Waals surface area contributed by atoms with E-state index in [2.05, 4.69) is 0 Å². The Bertz CT molecular complexity index is 82.1. The van der Waals surface area contributed by atoms with Crippen LogP contribution in [0.1, 0.15) is 12.8 Å². The van der Waals surface area contributed by atoms with Gasteiger partial charge in [-0.1, -0.05) is 6.42 Å². The summed E-state index contributed by atoms with van der Waals surface area (Å²) in [5, 5.41) is 0. The minimum Gasteiger partial charge on any atom is -0.680 e. The van der Waals surface area contributed by atoms with Gasteiger partial charge < -0.3 is 21.2 Å². The van der Waals surface area contributed by atoms with E-state index < -0.39 is 0 Å². The zero-order valence-electron chi connectivity index (χ0n) is 7.91. The van der Waals surface area contributed by atoms with Crippen molar-refractivity contribution >= 4 is 6.41 Å². The summed E-state index contributed by atoms with van der Waals surface area (Å²) in [5.41, 5.74) is 11.5. The molecule has 6 heteroatoms. The number of carbonyl (C=O) groups excluding carboxylic acids is 1. The van der Waals surface area contributed by atoms with Gasteiger partial charge in [0.15, 0.2) is 0 Å².